The summed E-state index contributed by atoms with van der Waals surface area (Å²) in [6, 6.07) is 52.7. The zero-order chi connectivity index (χ0) is 41.9. The average Bonchev–Trinajstić information content (AvgIpc) is 3.56. The summed E-state index contributed by atoms with van der Waals surface area (Å²) in [5, 5.41) is 0. The van der Waals surface area contributed by atoms with Gasteiger partial charge in [0.1, 0.15) is 11.5 Å². The van der Waals surface area contributed by atoms with Crippen LogP contribution in [0.4, 0.5) is 0 Å². The molecule has 2 aliphatic carbocycles. The SMILES string of the molecule is CC1=CCC(C)/C(C(C)(C)C)=C/C=C1c1ccc(C2N=C(c3cccc4c3-c3ccccc3C43c4ccccc4Oc4ccccc43)N=C(c3ccccc3)CCC2C)cc1. The van der Waals surface area contributed by atoms with Gasteiger partial charge in [0.25, 0.3) is 0 Å². The van der Waals surface area contributed by atoms with Gasteiger partial charge in [-0.2, -0.15) is 0 Å². The van der Waals surface area contributed by atoms with Crippen molar-refractivity contribution in [2.75, 3.05) is 0 Å². The van der Waals surface area contributed by atoms with Crippen LogP contribution >= 0.6 is 0 Å². The molecule has 61 heavy (non-hydrogen) atoms. The first kappa shape index (κ1) is 38.9. The molecule has 0 aromatic heterocycles. The Labute approximate surface area is 362 Å². The number of rotatable bonds is 4. The van der Waals surface area contributed by atoms with Crippen molar-refractivity contribution in [2.45, 2.75) is 72.3 Å². The van der Waals surface area contributed by atoms with Crippen LogP contribution in [0.2, 0.25) is 0 Å². The van der Waals surface area contributed by atoms with Crippen molar-refractivity contribution in [3.63, 3.8) is 0 Å². The van der Waals surface area contributed by atoms with Crippen molar-refractivity contribution < 1.29 is 4.74 Å². The minimum absolute atomic E-state index is 0.0766. The second-order valence-electron chi connectivity index (χ2n) is 18.6. The minimum Gasteiger partial charge on any atom is -0.457 e. The summed E-state index contributed by atoms with van der Waals surface area (Å²) in [6.07, 6.45) is 10.1. The number of hydrogen-bond donors (Lipinski definition) is 0. The number of fused-ring (bicyclic) bond motifs is 9. The van der Waals surface area contributed by atoms with Gasteiger partial charge in [-0.15, -0.1) is 0 Å². The third-order valence-corrected chi connectivity index (χ3v) is 13.7. The molecule has 0 saturated carbocycles. The maximum absolute atomic E-state index is 6.64. The second-order valence-corrected chi connectivity index (χ2v) is 18.6. The first-order valence-electron chi connectivity index (χ1n) is 22.1. The normalized spacial score (nSPS) is 21.2. The predicted octanol–water partition coefficient (Wildman–Crippen LogP) is 14.9. The summed E-state index contributed by atoms with van der Waals surface area (Å²) in [5.74, 6) is 3.36. The van der Waals surface area contributed by atoms with Crippen LogP contribution in [0.15, 0.2) is 185 Å². The van der Waals surface area contributed by atoms with Gasteiger partial charge in [-0.05, 0) is 106 Å². The van der Waals surface area contributed by atoms with Crippen LogP contribution in [0, 0.1) is 17.3 Å². The maximum Gasteiger partial charge on any atom is 0.156 e. The summed E-state index contributed by atoms with van der Waals surface area (Å²) in [6.45, 7) is 14.0. The Morgan fingerprint density at radius 1 is 0.623 bits per heavy atom. The van der Waals surface area contributed by atoms with E-state index in [-0.39, 0.29) is 17.4 Å². The molecule has 1 spiro atoms. The molecule has 3 nitrogen and oxygen atoms in total. The van der Waals surface area contributed by atoms with E-state index in [1.165, 1.54) is 50.1 Å². The number of para-hydroxylation sites is 2. The number of amidine groups is 1. The zero-order valence-corrected chi connectivity index (χ0v) is 36.2. The third-order valence-electron chi connectivity index (χ3n) is 13.7. The quantitative estimate of drug-likeness (QED) is 0.175. The van der Waals surface area contributed by atoms with Crippen LogP contribution in [0.1, 0.15) is 111 Å². The highest BCUT2D eigenvalue weighted by atomic mass is 16.5. The molecule has 10 rings (SSSR count). The Bertz CT molecular complexity index is 2780. The molecule has 0 N–H and O–H groups in total. The fourth-order valence-electron chi connectivity index (χ4n) is 10.7. The topological polar surface area (TPSA) is 34.0 Å². The van der Waals surface area contributed by atoms with E-state index in [2.05, 4.69) is 205 Å². The van der Waals surface area contributed by atoms with Gasteiger partial charge in [0.2, 0.25) is 0 Å². The summed E-state index contributed by atoms with van der Waals surface area (Å²) in [4.78, 5) is 11.4. The summed E-state index contributed by atoms with van der Waals surface area (Å²) < 4.78 is 6.64. The molecule has 6 aromatic carbocycles. The van der Waals surface area contributed by atoms with Crippen molar-refractivity contribution >= 4 is 17.1 Å². The molecule has 6 aromatic rings. The van der Waals surface area contributed by atoms with Crippen LogP contribution in [0.25, 0.3) is 16.7 Å². The van der Waals surface area contributed by atoms with E-state index in [0.29, 0.717) is 5.92 Å². The Morgan fingerprint density at radius 2 is 1.25 bits per heavy atom. The number of ether oxygens (including phenoxy) is 1. The minimum atomic E-state index is -0.566. The number of aliphatic imine (C=N–C) groups is 2. The Balaban J connectivity index is 1.16. The van der Waals surface area contributed by atoms with E-state index >= 15 is 0 Å². The Hall–Kier alpha value is -6.32. The fourth-order valence-corrected chi connectivity index (χ4v) is 10.7. The lowest BCUT2D eigenvalue weighted by molar-refractivity contribution is 0.436. The molecular weight excluding hydrogens is 741 g/mol. The number of benzene rings is 6. The molecule has 0 bridgehead atoms. The number of nitrogens with zero attached hydrogens (tertiary/aromatic N) is 2. The van der Waals surface area contributed by atoms with Gasteiger partial charge < -0.3 is 4.74 Å². The van der Waals surface area contributed by atoms with E-state index < -0.39 is 5.41 Å². The van der Waals surface area contributed by atoms with Gasteiger partial charge in [-0.3, -0.25) is 4.99 Å². The van der Waals surface area contributed by atoms with Crippen LogP contribution in [-0.2, 0) is 5.41 Å². The van der Waals surface area contributed by atoms with Gasteiger partial charge in [0.05, 0.1) is 17.2 Å². The molecule has 0 radical (unpaired) electrons. The van der Waals surface area contributed by atoms with Crippen LogP contribution in [-0.4, -0.2) is 11.5 Å². The van der Waals surface area contributed by atoms with E-state index in [1.54, 1.807) is 0 Å². The van der Waals surface area contributed by atoms with Crippen molar-refractivity contribution in [1.82, 2.24) is 0 Å². The molecule has 0 fully saturated rings. The lowest BCUT2D eigenvalue weighted by atomic mass is 9.66. The Morgan fingerprint density at radius 3 is 1.95 bits per heavy atom. The predicted molar refractivity (Wildman–Crippen MR) is 254 cm³/mol. The van der Waals surface area contributed by atoms with E-state index in [1.807, 2.05) is 0 Å². The van der Waals surface area contributed by atoms with Gasteiger partial charge in [-0.25, -0.2) is 4.99 Å². The van der Waals surface area contributed by atoms with E-state index in [4.69, 9.17) is 14.7 Å². The first-order valence-corrected chi connectivity index (χ1v) is 22.1. The highest BCUT2D eigenvalue weighted by Crippen LogP contribution is 2.62. The smallest absolute Gasteiger partial charge is 0.156 e. The molecule has 0 saturated heterocycles. The Kier molecular flexibility index (Phi) is 9.74. The van der Waals surface area contributed by atoms with Crippen molar-refractivity contribution in [3.8, 4) is 22.6 Å². The van der Waals surface area contributed by atoms with Crippen molar-refractivity contribution in [1.29, 1.82) is 0 Å². The van der Waals surface area contributed by atoms with Gasteiger partial charge in [-0.1, -0.05) is 192 Å². The largest absolute Gasteiger partial charge is 0.457 e. The molecule has 2 heterocycles. The molecule has 3 heteroatoms. The summed E-state index contributed by atoms with van der Waals surface area (Å²) in [7, 11) is 0. The number of hydrogen-bond acceptors (Lipinski definition) is 3. The van der Waals surface area contributed by atoms with E-state index in [0.717, 1.165) is 64.6 Å². The highest BCUT2D eigenvalue weighted by molar-refractivity contribution is 6.16. The molecule has 2 aliphatic heterocycles. The summed E-state index contributed by atoms with van der Waals surface area (Å²) in [5.41, 5.74) is 16.6. The van der Waals surface area contributed by atoms with Crippen LogP contribution in [0.5, 0.6) is 11.5 Å². The maximum atomic E-state index is 6.64. The van der Waals surface area contributed by atoms with E-state index in [9.17, 15) is 0 Å². The van der Waals surface area contributed by atoms with Crippen LogP contribution in [0.3, 0.4) is 0 Å². The molecule has 302 valence electrons. The molecule has 3 unspecified atom stereocenters. The molecular formula is C58H54N2O. The highest BCUT2D eigenvalue weighted by Gasteiger charge is 2.51. The van der Waals surface area contributed by atoms with Gasteiger partial charge in [0.15, 0.2) is 5.84 Å². The number of allylic oxidation sites excluding steroid dienone is 6. The zero-order valence-electron chi connectivity index (χ0n) is 36.2. The van der Waals surface area contributed by atoms with Gasteiger partial charge in [0, 0.05) is 16.7 Å². The molecule has 3 atom stereocenters. The van der Waals surface area contributed by atoms with Crippen molar-refractivity contribution in [2.24, 2.45) is 27.2 Å². The third kappa shape index (κ3) is 6.57. The lowest BCUT2D eigenvalue weighted by Gasteiger charge is -2.39. The monoisotopic (exact) mass is 794 g/mol. The standard InChI is InChI=1S/C58H54N2O/c1-37-27-28-38(2)46(57(4,5)6)35-34-43(37)40-30-32-42(33-31-40)55-39(3)29-36-51(41-17-8-7-9-18-41)59-56(60-55)45-20-16-24-50-54(45)44-19-10-11-21-47(44)58(50)48-22-12-14-25-52(48)61-53-26-15-13-23-49(53)58/h7-27,30-35,38-39,55H,28-29,36H2,1-6H3/b37-27?,43-34?,46-35-,59-51?,60-56?. The second kappa shape index (κ2) is 15.3. The summed E-state index contributed by atoms with van der Waals surface area (Å²) >= 11 is 0. The first-order chi connectivity index (χ1) is 29.6. The van der Waals surface area contributed by atoms with Gasteiger partial charge >= 0.3 is 0 Å². The fraction of sp³-hybridized carbons (Fsp3) is 0.241. The van der Waals surface area contributed by atoms with Crippen LogP contribution < -0.4 is 4.74 Å². The molecule has 4 aliphatic rings. The van der Waals surface area contributed by atoms with Crippen molar-refractivity contribution in [3.05, 3.63) is 219 Å². The molecule has 0 amide bonds. The average molecular weight is 795 g/mol. The lowest BCUT2D eigenvalue weighted by Crippen LogP contribution is -2.32.